The average molecular weight is 250 g/mol. The maximum atomic E-state index is 6.33. The molecule has 0 N–H and O–H groups in total. The second kappa shape index (κ2) is 4.41. The molecule has 1 nitrogen and oxygen atoms in total. The Morgan fingerprint density at radius 3 is 2.53 bits per heavy atom. The van der Waals surface area contributed by atoms with Gasteiger partial charge in [0, 0.05) is 5.92 Å². The minimum atomic E-state index is 0.239. The first kappa shape index (κ1) is 11.1. The van der Waals surface area contributed by atoms with Crippen LogP contribution in [0.25, 0.3) is 0 Å². The molecule has 2 aliphatic rings. The van der Waals surface area contributed by atoms with Crippen LogP contribution in [0.15, 0.2) is 54.6 Å². The van der Waals surface area contributed by atoms with Gasteiger partial charge in [-0.25, -0.2) is 0 Å². The molecule has 0 bridgehead atoms. The molecule has 0 spiro atoms. The van der Waals surface area contributed by atoms with Gasteiger partial charge in [0.05, 0.1) is 0 Å². The standard InChI is InChI=1S/C18H18O/c1-2-7-13(8-3-1)18-16-11-6-10-14(16)15-9-4-5-12-17(15)19-18/h1-5,7-9,12,14,16,18H,6,10-11H2/t14-,16+,18+/m1/s1. The van der Waals surface area contributed by atoms with Gasteiger partial charge in [-0.3, -0.25) is 0 Å². The first-order valence-electron chi connectivity index (χ1n) is 7.24. The molecule has 19 heavy (non-hydrogen) atoms. The van der Waals surface area contributed by atoms with E-state index in [-0.39, 0.29) is 6.10 Å². The lowest BCUT2D eigenvalue weighted by Crippen LogP contribution is -2.26. The second-order valence-corrected chi connectivity index (χ2v) is 5.69. The summed E-state index contributed by atoms with van der Waals surface area (Å²) in [4.78, 5) is 0. The predicted molar refractivity (Wildman–Crippen MR) is 76.3 cm³/mol. The Bertz CT molecular complexity index is 575. The van der Waals surface area contributed by atoms with Gasteiger partial charge in [0.1, 0.15) is 11.9 Å². The number of hydrogen-bond acceptors (Lipinski definition) is 1. The van der Waals surface area contributed by atoms with E-state index in [1.807, 2.05) is 0 Å². The normalized spacial score (nSPS) is 28.3. The Morgan fingerprint density at radius 1 is 0.842 bits per heavy atom. The van der Waals surface area contributed by atoms with Crippen molar-refractivity contribution in [3.05, 3.63) is 65.7 Å². The van der Waals surface area contributed by atoms with E-state index >= 15 is 0 Å². The third-order valence-electron chi connectivity index (χ3n) is 4.66. The van der Waals surface area contributed by atoms with Crippen LogP contribution in [0, 0.1) is 5.92 Å². The van der Waals surface area contributed by atoms with Crippen molar-refractivity contribution in [1.29, 1.82) is 0 Å². The molecule has 4 rings (SSSR count). The Hall–Kier alpha value is -1.76. The smallest absolute Gasteiger partial charge is 0.127 e. The summed E-state index contributed by atoms with van der Waals surface area (Å²) >= 11 is 0. The first-order chi connectivity index (χ1) is 9.43. The van der Waals surface area contributed by atoms with Gasteiger partial charge in [-0.1, -0.05) is 55.0 Å². The Morgan fingerprint density at radius 2 is 1.63 bits per heavy atom. The van der Waals surface area contributed by atoms with Crippen LogP contribution in [0.5, 0.6) is 5.75 Å². The fourth-order valence-electron chi connectivity index (χ4n) is 3.81. The van der Waals surface area contributed by atoms with Crippen LogP contribution in [0.2, 0.25) is 0 Å². The molecule has 1 aliphatic carbocycles. The van der Waals surface area contributed by atoms with Gasteiger partial charge in [0.25, 0.3) is 0 Å². The van der Waals surface area contributed by atoms with Crippen molar-refractivity contribution >= 4 is 0 Å². The van der Waals surface area contributed by atoms with Crippen molar-refractivity contribution in [2.45, 2.75) is 31.3 Å². The highest BCUT2D eigenvalue weighted by Gasteiger charge is 2.41. The number of fused-ring (bicyclic) bond motifs is 3. The molecule has 2 aromatic carbocycles. The molecule has 96 valence electrons. The zero-order valence-corrected chi connectivity index (χ0v) is 11.0. The second-order valence-electron chi connectivity index (χ2n) is 5.69. The van der Waals surface area contributed by atoms with E-state index in [2.05, 4.69) is 54.6 Å². The van der Waals surface area contributed by atoms with Crippen LogP contribution in [0.4, 0.5) is 0 Å². The first-order valence-corrected chi connectivity index (χ1v) is 7.24. The van der Waals surface area contributed by atoms with Gasteiger partial charge in [0.2, 0.25) is 0 Å². The van der Waals surface area contributed by atoms with E-state index in [0.29, 0.717) is 11.8 Å². The summed E-state index contributed by atoms with van der Waals surface area (Å²) in [5.41, 5.74) is 2.76. The minimum absolute atomic E-state index is 0.239. The highest BCUT2D eigenvalue weighted by atomic mass is 16.5. The van der Waals surface area contributed by atoms with E-state index in [4.69, 9.17) is 4.74 Å². The Labute approximate surface area is 114 Å². The molecule has 1 heterocycles. The molecule has 1 saturated carbocycles. The quantitative estimate of drug-likeness (QED) is 0.712. The van der Waals surface area contributed by atoms with Crippen LogP contribution in [0.1, 0.15) is 42.4 Å². The van der Waals surface area contributed by atoms with Crippen molar-refractivity contribution in [1.82, 2.24) is 0 Å². The SMILES string of the molecule is c1ccc([C@@H]2Oc3ccccc3[C@H]3CCC[C@@H]32)cc1. The van der Waals surface area contributed by atoms with E-state index < -0.39 is 0 Å². The largest absolute Gasteiger partial charge is 0.485 e. The maximum Gasteiger partial charge on any atom is 0.127 e. The van der Waals surface area contributed by atoms with E-state index in [1.165, 1.54) is 30.4 Å². The Balaban J connectivity index is 1.79. The molecular formula is C18H18O. The van der Waals surface area contributed by atoms with Gasteiger partial charge in [-0.05, 0) is 36.0 Å². The topological polar surface area (TPSA) is 9.23 Å². The van der Waals surface area contributed by atoms with E-state index in [9.17, 15) is 0 Å². The van der Waals surface area contributed by atoms with Gasteiger partial charge in [-0.15, -0.1) is 0 Å². The van der Waals surface area contributed by atoms with Crippen molar-refractivity contribution < 1.29 is 4.74 Å². The molecule has 1 aliphatic heterocycles. The van der Waals surface area contributed by atoms with Crippen molar-refractivity contribution in [2.75, 3.05) is 0 Å². The highest BCUT2D eigenvalue weighted by molar-refractivity contribution is 5.41. The summed E-state index contributed by atoms with van der Waals surface area (Å²) in [5, 5.41) is 0. The number of benzene rings is 2. The molecule has 0 radical (unpaired) electrons. The summed E-state index contributed by atoms with van der Waals surface area (Å²) < 4.78 is 6.33. The lowest BCUT2D eigenvalue weighted by atomic mass is 9.80. The predicted octanol–water partition coefficient (Wildman–Crippen LogP) is 4.70. The van der Waals surface area contributed by atoms with Crippen molar-refractivity contribution in [3.8, 4) is 5.75 Å². The average Bonchev–Trinajstić information content (AvgIpc) is 2.97. The lowest BCUT2D eigenvalue weighted by molar-refractivity contribution is 0.104. The van der Waals surface area contributed by atoms with Crippen molar-refractivity contribution in [2.24, 2.45) is 5.92 Å². The Kier molecular flexibility index (Phi) is 2.58. The fourth-order valence-corrected chi connectivity index (χ4v) is 3.81. The summed E-state index contributed by atoms with van der Waals surface area (Å²) in [6, 6.07) is 19.3. The molecule has 0 aromatic heterocycles. The van der Waals surface area contributed by atoms with Crippen LogP contribution < -0.4 is 4.74 Å². The zero-order chi connectivity index (χ0) is 12.7. The molecule has 3 atom stereocenters. The van der Waals surface area contributed by atoms with Crippen molar-refractivity contribution in [3.63, 3.8) is 0 Å². The van der Waals surface area contributed by atoms with Gasteiger partial charge < -0.3 is 4.74 Å². The fraction of sp³-hybridized carbons (Fsp3) is 0.333. The zero-order valence-electron chi connectivity index (χ0n) is 11.0. The molecule has 1 fully saturated rings. The number of ether oxygens (including phenoxy) is 1. The van der Waals surface area contributed by atoms with Crippen LogP contribution in [0.3, 0.4) is 0 Å². The number of para-hydroxylation sites is 1. The number of hydrogen-bond donors (Lipinski definition) is 0. The summed E-state index contributed by atoms with van der Waals surface area (Å²) in [5.74, 6) is 2.44. The van der Waals surface area contributed by atoms with Crippen LogP contribution in [-0.2, 0) is 0 Å². The van der Waals surface area contributed by atoms with Crippen LogP contribution in [-0.4, -0.2) is 0 Å². The monoisotopic (exact) mass is 250 g/mol. The van der Waals surface area contributed by atoms with Gasteiger partial charge >= 0.3 is 0 Å². The van der Waals surface area contributed by atoms with E-state index in [0.717, 1.165) is 5.75 Å². The molecule has 0 unspecified atom stereocenters. The van der Waals surface area contributed by atoms with Gasteiger partial charge in [-0.2, -0.15) is 0 Å². The number of rotatable bonds is 1. The van der Waals surface area contributed by atoms with Gasteiger partial charge in [0.15, 0.2) is 0 Å². The molecule has 0 saturated heterocycles. The van der Waals surface area contributed by atoms with E-state index in [1.54, 1.807) is 0 Å². The molecular weight excluding hydrogens is 232 g/mol. The minimum Gasteiger partial charge on any atom is -0.485 e. The third kappa shape index (κ3) is 1.76. The highest BCUT2D eigenvalue weighted by Crippen LogP contribution is 2.53. The summed E-state index contributed by atoms with van der Waals surface area (Å²) in [7, 11) is 0. The summed E-state index contributed by atoms with van der Waals surface area (Å²) in [6.45, 7) is 0. The lowest BCUT2D eigenvalue weighted by Gasteiger charge is -2.36. The van der Waals surface area contributed by atoms with Crippen LogP contribution >= 0.6 is 0 Å². The molecule has 1 heteroatoms. The third-order valence-corrected chi connectivity index (χ3v) is 4.66. The molecule has 0 amide bonds. The molecule has 2 aromatic rings. The maximum absolute atomic E-state index is 6.33. The summed E-state index contributed by atoms with van der Waals surface area (Å²) in [6.07, 6.45) is 4.17.